The summed E-state index contributed by atoms with van der Waals surface area (Å²) in [7, 11) is 1.57. The summed E-state index contributed by atoms with van der Waals surface area (Å²) in [5.74, 6) is 0. The molecular formula is C12H14Cl2FN3O2S. The third-order valence-electron chi connectivity index (χ3n) is 2.78. The number of nitrogens with one attached hydrogen (secondary N) is 1. The van der Waals surface area contributed by atoms with Crippen molar-refractivity contribution >= 4 is 46.9 Å². The number of hydrazine groups is 1. The summed E-state index contributed by atoms with van der Waals surface area (Å²) in [4.78, 5) is 13.9. The second kappa shape index (κ2) is 7.02. The molecule has 0 aliphatic carbocycles. The predicted octanol–water partition coefficient (Wildman–Crippen LogP) is 3.50. The van der Waals surface area contributed by atoms with E-state index < -0.39 is 9.95 Å². The maximum absolute atomic E-state index is 13.3. The van der Waals surface area contributed by atoms with E-state index in [2.05, 4.69) is 5.43 Å². The van der Waals surface area contributed by atoms with Gasteiger partial charge in [0.25, 0.3) is 0 Å². The number of methoxy groups -OCH3 is 1. The number of halogens is 3. The lowest BCUT2D eigenvalue weighted by atomic mass is 10.2. The highest BCUT2D eigenvalue weighted by atomic mass is 35.5. The first kappa shape index (κ1) is 16.6. The monoisotopic (exact) mass is 353 g/mol. The van der Waals surface area contributed by atoms with Gasteiger partial charge in [0.05, 0.1) is 0 Å². The van der Waals surface area contributed by atoms with Crippen LogP contribution >= 0.6 is 35.1 Å². The summed E-state index contributed by atoms with van der Waals surface area (Å²) >= 11 is 11.0. The number of ether oxygens (including phenoxy) is 1. The van der Waals surface area contributed by atoms with Gasteiger partial charge >= 0.3 is 9.95 Å². The molecule has 2 amide bonds. The smallest absolute Gasteiger partial charge is 0.350 e. The third kappa shape index (κ3) is 4.37. The van der Waals surface area contributed by atoms with Crippen LogP contribution in [0.25, 0.3) is 0 Å². The highest BCUT2D eigenvalue weighted by Gasteiger charge is 2.42. The summed E-state index contributed by atoms with van der Waals surface area (Å²) in [6.07, 6.45) is 0.154. The van der Waals surface area contributed by atoms with Crippen LogP contribution in [0.5, 0.6) is 0 Å². The summed E-state index contributed by atoms with van der Waals surface area (Å²) < 4.78 is 16.8. The largest absolute Gasteiger partial charge is 0.385 e. The third-order valence-corrected chi connectivity index (χ3v) is 3.85. The number of anilines is 1. The minimum Gasteiger partial charge on any atom is -0.385 e. The van der Waals surface area contributed by atoms with E-state index in [0.29, 0.717) is 30.7 Å². The van der Waals surface area contributed by atoms with Gasteiger partial charge in [-0.3, -0.25) is 4.90 Å². The number of hydrogen-bond donors (Lipinski definition) is 1. The summed E-state index contributed by atoms with van der Waals surface area (Å²) in [5, 5.41) is 0. The second-order valence-corrected chi connectivity index (χ2v) is 7.04. The van der Waals surface area contributed by atoms with E-state index in [1.54, 1.807) is 19.2 Å². The number of benzene rings is 1. The number of carbonyl (C=O) groups excluding carboxylic acids is 1. The highest BCUT2D eigenvalue weighted by molar-refractivity contribution is 8.01. The molecule has 0 spiro atoms. The van der Waals surface area contributed by atoms with Crippen molar-refractivity contribution < 1.29 is 13.9 Å². The Kier molecular flexibility index (Phi) is 5.56. The van der Waals surface area contributed by atoms with Crippen LogP contribution in [-0.4, -0.2) is 34.2 Å². The van der Waals surface area contributed by atoms with Gasteiger partial charge in [0.1, 0.15) is 6.17 Å². The number of nitrogens with zero attached hydrogens (tertiary/aromatic N) is 2. The summed E-state index contributed by atoms with van der Waals surface area (Å²) in [5.41, 5.74) is 3.55. The molecule has 9 heteroatoms. The van der Waals surface area contributed by atoms with Crippen molar-refractivity contribution in [1.82, 2.24) is 9.84 Å². The minimum absolute atomic E-state index is 0.362. The Morgan fingerprint density at radius 2 is 2.10 bits per heavy atom. The standard InChI is InChI=1S/C12H14Cl2FN3O2S/c1-20-8-7-10-16-18(21-12(13,14)15)11(19)17(10)9-5-3-2-4-6-9/h2-6,10,16H,7-8H2,1H3. The molecule has 1 unspecified atom stereocenters. The van der Waals surface area contributed by atoms with Gasteiger partial charge in [-0.25, -0.2) is 4.79 Å². The number of para-hydroxylation sites is 1. The number of rotatable bonds is 6. The second-order valence-electron chi connectivity index (χ2n) is 4.25. The molecule has 0 bridgehead atoms. The van der Waals surface area contributed by atoms with Gasteiger partial charge in [-0.15, -0.1) is 0 Å². The van der Waals surface area contributed by atoms with Crippen molar-refractivity contribution in [3.05, 3.63) is 30.3 Å². The predicted molar refractivity (Wildman–Crippen MR) is 82.7 cm³/mol. The molecule has 1 aromatic carbocycles. The van der Waals surface area contributed by atoms with Gasteiger partial charge in [0.15, 0.2) is 0 Å². The minimum atomic E-state index is -2.60. The van der Waals surface area contributed by atoms with Crippen molar-refractivity contribution in [2.75, 3.05) is 18.6 Å². The Labute approximate surface area is 136 Å². The van der Waals surface area contributed by atoms with E-state index in [1.165, 1.54) is 4.90 Å². The van der Waals surface area contributed by atoms with Crippen molar-refractivity contribution in [3.8, 4) is 0 Å². The fourth-order valence-corrected chi connectivity index (χ4v) is 2.91. The molecule has 1 atom stereocenters. The SMILES string of the molecule is COCCC1NN(SC(F)(Cl)Cl)C(=O)N1c1ccccc1. The van der Waals surface area contributed by atoms with Crippen molar-refractivity contribution in [1.29, 1.82) is 0 Å². The zero-order valence-corrected chi connectivity index (χ0v) is 13.5. The first-order chi connectivity index (χ1) is 9.92. The molecule has 0 aromatic heterocycles. The van der Waals surface area contributed by atoms with Gasteiger partial charge in [-0.05, 0) is 12.1 Å². The van der Waals surface area contributed by atoms with E-state index in [9.17, 15) is 9.18 Å². The first-order valence-electron chi connectivity index (χ1n) is 6.11. The van der Waals surface area contributed by atoms with Gasteiger partial charge in [0.2, 0.25) is 0 Å². The maximum Gasteiger partial charge on any atom is 0.350 e. The van der Waals surface area contributed by atoms with Crippen LogP contribution in [0.1, 0.15) is 6.42 Å². The van der Waals surface area contributed by atoms with Crippen molar-refractivity contribution in [2.24, 2.45) is 0 Å². The van der Waals surface area contributed by atoms with Gasteiger partial charge in [-0.2, -0.15) is 14.2 Å². The fraction of sp³-hybridized carbons (Fsp3) is 0.417. The number of amides is 2. The van der Waals surface area contributed by atoms with Crippen LogP contribution in [0.15, 0.2) is 30.3 Å². The van der Waals surface area contributed by atoms with E-state index >= 15 is 0 Å². The Balaban J connectivity index is 2.20. The summed E-state index contributed by atoms with van der Waals surface area (Å²) in [6.45, 7) is 0.440. The van der Waals surface area contributed by atoms with Crippen LogP contribution < -0.4 is 10.3 Å². The lowest BCUT2D eigenvalue weighted by Crippen LogP contribution is -2.38. The van der Waals surface area contributed by atoms with Crippen LogP contribution in [-0.2, 0) is 4.74 Å². The molecule has 1 fully saturated rings. The molecule has 1 aliphatic heterocycles. The molecule has 1 aromatic rings. The van der Waals surface area contributed by atoms with E-state index in [4.69, 9.17) is 27.9 Å². The molecule has 1 aliphatic rings. The lowest BCUT2D eigenvalue weighted by Gasteiger charge is -2.21. The highest BCUT2D eigenvalue weighted by Crippen LogP contribution is 2.40. The average molecular weight is 354 g/mol. The molecular weight excluding hydrogens is 340 g/mol. The Bertz CT molecular complexity index is 489. The molecule has 1 heterocycles. The fourth-order valence-electron chi connectivity index (χ4n) is 1.95. The topological polar surface area (TPSA) is 44.8 Å². The molecule has 1 N–H and O–H groups in total. The van der Waals surface area contributed by atoms with Crippen LogP contribution in [0.2, 0.25) is 0 Å². The van der Waals surface area contributed by atoms with E-state index in [1.807, 2.05) is 18.2 Å². The molecule has 5 nitrogen and oxygen atoms in total. The number of urea groups is 1. The summed E-state index contributed by atoms with van der Waals surface area (Å²) in [6, 6.07) is 8.60. The van der Waals surface area contributed by atoms with Crippen LogP contribution in [0.3, 0.4) is 0 Å². The molecule has 0 radical (unpaired) electrons. The molecule has 116 valence electrons. The zero-order valence-electron chi connectivity index (χ0n) is 11.1. The number of carbonyl (C=O) groups is 1. The zero-order chi connectivity index (χ0) is 15.5. The van der Waals surface area contributed by atoms with Crippen LogP contribution in [0, 0.1) is 0 Å². The Hall–Kier alpha value is -0.730. The van der Waals surface area contributed by atoms with Crippen molar-refractivity contribution in [3.63, 3.8) is 0 Å². The average Bonchev–Trinajstić information content (AvgIpc) is 2.72. The van der Waals surface area contributed by atoms with Crippen LogP contribution in [0.4, 0.5) is 14.9 Å². The van der Waals surface area contributed by atoms with Gasteiger partial charge in [0, 0.05) is 37.8 Å². The van der Waals surface area contributed by atoms with Gasteiger partial charge < -0.3 is 4.74 Å². The molecule has 2 rings (SSSR count). The Morgan fingerprint density at radius 3 is 2.67 bits per heavy atom. The lowest BCUT2D eigenvalue weighted by molar-refractivity contribution is 0.182. The molecule has 1 saturated heterocycles. The first-order valence-corrected chi connectivity index (χ1v) is 7.64. The normalized spacial score (nSPS) is 19.4. The van der Waals surface area contributed by atoms with E-state index in [-0.39, 0.29) is 6.17 Å². The van der Waals surface area contributed by atoms with Gasteiger partial charge in [-0.1, -0.05) is 41.4 Å². The van der Waals surface area contributed by atoms with E-state index in [0.717, 1.165) is 4.41 Å². The molecule has 21 heavy (non-hydrogen) atoms. The number of alkyl halides is 3. The number of hydrogen-bond acceptors (Lipinski definition) is 4. The van der Waals surface area contributed by atoms with Crippen molar-refractivity contribution in [2.45, 2.75) is 16.5 Å². The molecule has 0 saturated carbocycles. The maximum atomic E-state index is 13.3. The Morgan fingerprint density at radius 1 is 1.43 bits per heavy atom. The quantitative estimate of drug-likeness (QED) is 0.627.